The van der Waals surface area contributed by atoms with E-state index in [4.69, 9.17) is 5.11 Å². The van der Waals surface area contributed by atoms with Crippen LogP contribution >= 0.6 is 0 Å². The largest absolute Gasteiger partial charge is 0.480 e. The number of fused-ring (bicyclic) bond motifs is 1. The van der Waals surface area contributed by atoms with E-state index in [0.29, 0.717) is 19.5 Å². The minimum atomic E-state index is -1.07. The molecule has 1 aliphatic heterocycles. The van der Waals surface area contributed by atoms with Gasteiger partial charge in [0.25, 0.3) is 0 Å². The van der Waals surface area contributed by atoms with Crippen LogP contribution in [0, 0.1) is 6.92 Å². The Kier molecular flexibility index (Phi) is 6.46. The van der Waals surface area contributed by atoms with E-state index in [1.807, 2.05) is 54.3 Å². The van der Waals surface area contributed by atoms with Crippen molar-refractivity contribution in [3.63, 3.8) is 0 Å². The van der Waals surface area contributed by atoms with E-state index in [2.05, 4.69) is 16.0 Å². The molecular formula is C21H24N4O4. The lowest BCUT2D eigenvalue weighted by Crippen LogP contribution is -2.41. The zero-order chi connectivity index (χ0) is 20.8. The van der Waals surface area contributed by atoms with Crippen LogP contribution in [0.15, 0.2) is 42.5 Å². The number of benzene rings is 2. The second-order valence-corrected chi connectivity index (χ2v) is 7.02. The number of aliphatic carboxylic acids is 1. The van der Waals surface area contributed by atoms with Crippen LogP contribution in [0.25, 0.3) is 0 Å². The summed E-state index contributed by atoms with van der Waals surface area (Å²) in [4.78, 5) is 36.7. The van der Waals surface area contributed by atoms with E-state index >= 15 is 0 Å². The molecule has 0 unspecified atom stereocenters. The Morgan fingerprint density at radius 3 is 2.55 bits per heavy atom. The summed E-state index contributed by atoms with van der Waals surface area (Å²) in [5.41, 5.74) is 4.68. The third-order valence-corrected chi connectivity index (χ3v) is 4.71. The molecule has 4 N–H and O–H groups in total. The monoisotopic (exact) mass is 396 g/mol. The second kappa shape index (κ2) is 9.20. The number of urea groups is 1. The van der Waals surface area contributed by atoms with E-state index in [0.717, 1.165) is 28.1 Å². The second-order valence-electron chi connectivity index (χ2n) is 7.02. The van der Waals surface area contributed by atoms with Gasteiger partial charge in [-0.2, -0.15) is 0 Å². The van der Waals surface area contributed by atoms with Crippen molar-refractivity contribution in [3.05, 3.63) is 59.2 Å². The molecule has 3 rings (SSSR count). The van der Waals surface area contributed by atoms with E-state index in [9.17, 15) is 14.4 Å². The first-order valence-corrected chi connectivity index (χ1v) is 9.37. The first-order valence-electron chi connectivity index (χ1n) is 9.37. The Balaban J connectivity index is 1.60. The van der Waals surface area contributed by atoms with E-state index in [-0.39, 0.29) is 25.0 Å². The number of carbonyl (C=O) groups is 3. The number of rotatable bonds is 6. The van der Waals surface area contributed by atoms with Crippen LogP contribution in [0.3, 0.4) is 0 Å². The van der Waals surface area contributed by atoms with Crippen molar-refractivity contribution < 1.29 is 19.5 Å². The van der Waals surface area contributed by atoms with Crippen molar-refractivity contribution in [1.82, 2.24) is 10.2 Å². The lowest BCUT2D eigenvalue weighted by atomic mass is 9.97. The molecular weight excluding hydrogens is 372 g/mol. The summed E-state index contributed by atoms with van der Waals surface area (Å²) in [6.07, 6.45) is 0.683. The highest BCUT2D eigenvalue weighted by atomic mass is 16.4. The lowest BCUT2D eigenvalue weighted by molar-refractivity contribution is -0.138. The van der Waals surface area contributed by atoms with Crippen molar-refractivity contribution in [1.29, 1.82) is 0 Å². The highest BCUT2D eigenvalue weighted by molar-refractivity contribution is 6.00. The molecule has 0 spiro atoms. The molecule has 1 heterocycles. The highest BCUT2D eigenvalue weighted by Crippen LogP contribution is 2.26. The topological polar surface area (TPSA) is 111 Å². The molecule has 0 saturated heterocycles. The normalized spacial score (nSPS) is 13.3. The Labute approximate surface area is 168 Å². The number of carbonyl (C=O) groups excluding carboxylic acids is 2. The molecule has 0 fully saturated rings. The number of anilines is 2. The molecule has 0 saturated carbocycles. The van der Waals surface area contributed by atoms with Crippen LogP contribution < -0.4 is 16.0 Å². The smallest absolute Gasteiger partial charge is 0.323 e. The van der Waals surface area contributed by atoms with Gasteiger partial charge in [0, 0.05) is 24.5 Å². The fourth-order valence-corrected chi connectivity index (χ4v) is 3.27. The molecule has 8 nitrogen and oxygen atoms in total. The quantitative estimate of drug-likeness (QED) is 0.598. The molecule has 152 valence electrons. The zero-order valence-corrected chi connectivity index (χ0v) is 16.2. The average Bonchev–Trinajstić information content (AvgIpc) is 2.68. The predicted octanol–water partition coefficient (Wildman–Crippen LogP) is 2.20. The van der Waals surface area contributed by atoms with Crippen LogP contribution in [0.2, 0.25) is 0 Å². The molecule has 0 bridgehead atoms. The van der Waals surface area contributed by atoms with Crippen LogP contribution in [-0.4, -0.2) is 47.5 Å². The SMILES string of the molecule is Cc1ccc(NC(=O)Nc2cccc3c2CCN(CC(=O)NCC(=O)O)C3)cc1. The molecule has 0 radical (unpaired) electrons. The molecule has 8 heteroatoms. The van der Waals surface area contributed by atoms with Crippen LogP contribution in [-0.2, 0) is 22.6 Å². The molecule has 0 aromatic heterocycles. The van der Waals surface area contributed by atoms with Crippen molar-refractivity contribution in [3.8, 4) is 0 Å². The van der Waals surface area contributed by atoms with Gasteiger partial charge < -0.3 is 21.1 Å². The minimum Gasteiger partial charge on any atom is -0.480 e. The van der Waals surface area contributed by atoms with Gasteiger partial charge in [0.05, 0.1) is 6.54 Å². The fraction of sp³-hybridized carbons (Fsp3) is 0.286. The Hall–Kier alpha value is -3.39. The third-order valence-electron chi connectivity index (χ3n) is 4.71. The number of aryl methyl sites for hydroxylation is 1. The van der Waals surface area contributed by atoms with Gasteiger partial charge in [0.15, 0.2) is 0 Å². The first-order chi connectivity index (χ1) is 13.9. The van der Waals surface area contributed by atoms with Gasteiger partial charge in [0.2, 0.25) is 5.91 Å². The van der Waals surface area contributed by atoms with Gasteiger partial charge in [-0.25, -0.2) is 4.79 Å². The number of carboxylic acids is 1. The minimum absolute atomic E-state index is 0.137. The standard InChI is InChI=1S/C21H24N4O4/c1-14-5-7-16(8-6-14)23-21(29)24-18-4-2-3-15-12-25(10-9-17(15)18)13-19(26)22-11-20(27)28/h2-8H,9-13H2,1H3,(H,22,26)(H,27,28)(H2,23,24,29). The lowest BCUT2D eigenvalue weighted by Gasteiger charge is -2.29. The van der Waals surface area contributed by atoms with Gasteiger partial charge >= 0.3 is 12.0 Å². The summed E-state index contributed by atoms with van der Waals surface area (Å²) in [6.45, 7) is 2.95. The number of amides is 3. The maximum atomic E-state index is 12.4. The molecule has 2 aromatic rings. The predicted molar refractivity (Wildman–Crippen MR) is 110 cm³/mol. The molecule has 2 aromatic carbocycles. The Morgan fingerprint density at radius 2 is 1.83 bits per heavy atom. The zero-order valence-electron chi connectivity index (χ0n) is 16.2. The van der Waals surface area contributed by atoms with E-state index < -0.39 is 5.97 Å². The average molecular weight is 396 g/mol. The summed E-state index contributed by atoms with van der Waals surface area (Å²) in [5.74, 6) is -1.38. The van der Waals surface area contributed by atoms with Gasteiger partial charge in [-0.15, -0.1) is 0 Å². The molecule has 0 aliphatic carbocycles. The van der Waals surface area contributed by atoms with Gasteiger partial charge in [-0.05, 0) is 42.7 Å². The number of carboxylic acid groups (broad SMARTS) is 1. The van der Waals surface area contributed by atoms with Crippen LogP contribution in [0.1, 0.15) is 16.7 Å². The molecule has 0 atom stereocenters. The van der Waals surface area contributed by atoms with Crippen LogP contribution in [0.5, 0.6) is 0 Å². The maximum absolute atomic E-state index is 12.4. The van der Waals surface area contributed by atoms with Gasteiger partial charge in [0.1, 0.15) is 6.54 Å². The summed E-state index contributed by atoms with van der Waals surface area (Å²) >= 11 is 0. The number of hydrogen-bond acceptors (Lipinski definition) is 4. The number of nitrogens with one attached hydrogen (secondary N) is 3. The van der Waals surface area contributed by atoms with Gasteiger partial charge in [-0.1, -0.05) is 29.8 Å². The summed E-state index contributed by atoms with van der Waals surface area (Å²) in [5, 5.41) is 16.7. The van der Waals surface area contributed by atoms with Crippen molar-refractivity contribution in [2.45, 2.75) is 19.9 Å². The van der Waals surface area contributed by atoms with Gasteiger partial charge in [-0.3, -0.25) is 14.5 Å². The van der Waals surface area contributed by atoms with Crippen molar-refractivity contribution in [2.75, 3.05) is 30.3 Å². The first kappa shape index (κ1) is 20.3. The molecule has 3 amide bonds. The Morgan fingerprint density at radius 1 is 1.07 bits per heavy atom. The van der Waals surface area contributed by atoms with E-state index in [1.165, 1.54) is 0 Å². The number of hydrogen-bond donors (Lipinski definition) is 4. The van der Waals surface area contributed by atoms with Crippen molar-refractivity contribution >= 4 is 29.3 Å². The maximum Gasteiger partial charge on any atom is 0.323 e. The van der Waals surface area contributed by atoms with Crippen LogP contribution in [0.4, 0.5) is 16.2 Å². The van der Waals surface area contributed by atoms with Crippen molar-refractivity contribution in [2.24, 2.45) is 0 Å². The number of nitrogens with zero attached hydrogens (tertiary/aromatic N) is 1. The van der Waals surface area contributed by atoms with E-state index in [1.54, 1.807) is 0 Å². The summed E-state index contributed by atoms with van der Waals surface area (Å²) < 4.78 is 0. The summed E-state index contributed by atoms with van der Waals surface area (Å²) in [6, 6.07) is 13.0. The third kappa shape index (κ3) is 5.79. The molecule has 1 aliphatic rings. The fourth-order valence-electron chi connectivity index (χ4n) is 3.27. The highest BCUT2D eigenvalue weighted by Gasteiger charge is 2.21. The summed E-state index contributed by atoms with van der Waals surface area (Å²) in [7, 11) is 0. The molecule has 29 heavy (non-hydrogen) atoms. The Bertz CT molecular complexity index is 911.